The first-order chi connectivity index (χ1) is 20.1. The number of nitrogens with one attached hydrogen (secondary N) is 2. The Morgan fingerprint density at radius 2 is 1.67 bits per heavy atom. The van der Waals surface area contributed by atoms with E-state index >= 15 is 0 Å². The second-order valence-corrected chi connectivity index (χ2v) is 12.1. The van der Waals surface area contributed by atoms with E-state index in [1.54, 1.807) is 37.8 Å². The maximum Gasteiger partial charge on any atom is 0.408 e. The van der Waals surface area contributed by atoms with Gasteiger partial charge >= 0.3 is 6.09 Å². The van der Waals surface area contributed by atoms with E-state index in [0.29, 0.717) is 17.7 Å². The number of unbranched alkanes of at least 4 members (excludes halogenated alkanes) is 2. The average molecular weight is 574 g/mol. The minimum absolute atomic E-state index is 0.0753. The smallest absolute Gasteiger partial charge is 0.408 e. The van der Waals surface area contributed by atoms with Crippen LogP contribution in [0.25, 0.3) is 0 Å². The number of hydrogen-bond donors (Lipinski definition) is 2. The number of terminal acetylenes is 1. The Morgan fingerprint density at radius 1 is 1.00 bits per heavy atom. The fourth-order valence-electron chi connectivity index (χ4n) is 5.36. The van der Waals surface area contributed by atoms with Gasteiger partial charge in [0.2, 0.25) is 11.8 Å². The van der Waals surface area contributed by atoms with Gasteiger partial charge in [-0.05, 0) is 63.3 Å². The van der Waals surface area contributed by atoms with Crippen LogP contribution in [0.15, 0.2) is 54.6 Å². The second-order valence-electron chi connectivity index (χ2n) is 12.1. The summed E-state index contributed by atoms with van der Waals surface area (Å²) in [6.07, 6.45) is 12.9. The van der Waals surface area contributed by atoms with E-state index < -0.39 is 23.8 Å². The molecule has 2 aromatic carbocycles. The number of nitrogens with zero attached hydrogens (tertiary/aromatic N) is 1. The first-order valence-electron chi connectivity index (χ1n) is 15.3. The largest absolute Gasteiger partial charge is 0.444 e. The Labute approximate surface area is 251 Å². The van der Waals surface area contributed by atoms with Crippen molar-refractivity contribution in [3.63, 3.8) is 0 Å². The van der Waals surface area contributed by atoms with Crippen LogP contribution in [-0.4, -0.2) is 47.0 Å². The maximum absolute atomic E-state index is 14.5. The minimum Gasteiger partial charge on any atom is -0.444 e. The Kier molecular flexibility index (Phi) is 12.5. The number of ether oxygens (including phenoxy) is 1. The van der Waals surface area contributed by atoms with Crippen LogP contribution in [0.5, 0.6) is 0 Å². The van der Waals surface area contributed by atoms with Gasteiger partial charge in [0, 0.05) is 24.6 Å². The molecule has 1 fully saturated rings. The molecule has 3 rings (SSSR count). The predicted molar refractivity (Wildman–Crippen MR) is 167 cm³/mol. The van der Waals surface area contributed by atoms with E-state index in [1.807, 2.05) is 42.5 Å². The van der Waals surface area contributed by atoms with E-state index in [1.165, 1.54) is 6.42 Å². The Hall–Kier alpha value is -3.79. The number of carbonyl (C=O) groups excluding carboxylic acids is 3. The van der Waals surface area contributed by atoms with Crippen LogP contribution >= 0.6 is 0 Å². The third-order valence-electron chi connectivity index (χ3n) is 7.46. The van der Waals surface area contributed by atoms with Gasteiger partial charge in [-0.3, -0.25) is 9.59 Å². The topological polar surface area (TPSA) is 87.7 Å². The van der Waals surface area contributed by atoms with Crippen molar-refractivity contribution in [3.05, 3.63) is 71.3 Å². The van der Waals surface area contributed by atoms with Gasteiger partial charge in [0.05, 0.1) is 0 Å². The molecule has 0 aliphatic heterocycles. The molecule has 0 heterocycles. The van der Waals surface area contributed by atoms with Crippen LogP contribution in [0.4, 0.5) is 4.79 Å². The fourth-order valence-corrected chi connectivity index (χ4v) is 5.36. The van der Waals surface area contributed by atoms with Gasteiger partial charge in [0.25, 0.3) is 0 Å². The summed E-state index contributed by atoms with van der Waals surface area (Å²) in [7, 11) is 0. The van der Waals surface area contributed by atoms with Crippen LogP contribution in [0.2, 0.25) is 0 Å². The summed E-state index contributed by atoms with van der Waals surface area (Å²) in [5, 5.41) is 6.07. The van der Waals surface area contributed by atoms with Crippen LogP contribution in [0.3, 0.4) is 0 Å². The molecule has 42 heavy (non-hydrogen) atoms. The van der Waals surface area contributed by atoms with Crippen molar-refractivity contribution in [2.24, 2.45) is 0 Å². The Bertz CT molecular complexity index is 1190. The summed E-state index contributed by atoms with van der Waals surface area (Å²) in [6.45, 7) is 7.81. The lowest BCUT2D eigenvalue weighted by Crippen LogP contribution is -2.54. The Morgan fingerprint density at radius 3 is 2.26 bits per heavy atom. The molecule has 0 saturated heterocycles. The zero-order valence-corrected chi connectivity index (χ0v) is 25.7. The van der Waals surface area contributed by atoms with Gasteiger partial charge in [-0.2, -0.15) is 0 Å². The van der Waals surface area contributed by atoms with E-state index in [0.717, 1.165) is 50.5 Å². The molecule has 1 aliphatic rings. The highest BCUT2D eigenvalue weighted by Gasteiger charge is 2.37. The molecule has 1 saturated carbocycles. The molecule has 3 amide bonds. The molecular formula is C35H47N3O4. The van der Waals surface area contributed by atoms with Gasteiger partial charge in [-0.25, -0.2) is 4.79 Å². The van der Waals surface area contributed by atoms with Gasteiger partial charge in [-0.15, -0.1) is 6.42 Å². The molecule has 0 bridgehead atoms. The quantitative estimate of drug-likeness (QED) is 0.230. The molecule has 7 heteroatoms. The number of hydrogen-bond acceptors (Lipinski definition) is 4. The second kappa shape index (κ2) is 16.0. The zero-order chi connectivity index (χ0) is 30.5. The van der Waals surface area contributed by atoms with Crippen LogP contribution in [-0.2, 0) is 20.7 Å². The van der Waals surface area contributed by atoms with Crippen molar-refractivity contribution < 1.29 is 19.1 Å². The number of rotatable bonds is 12. The van der Waals surface area contributed by atoms with E-state index in [-0.39, 0.29) is 24.3 Å². The lowest BCUT2D eigenvalue weighted by Gasteiger charge is -2.36. The first kappa shape index (κ1) is 32.7. The van der Waals surface area contributed by atoms with Crippen molar-refractivity contribution in [2.75, 3.05) is 6.54 Å². The summed E-state index contributed by atoms with van der Waals surface area (Å²) in [5.74, 6) is 2.08. The van der Waals surface area contributed by atoms with Gasteiger partial charge in [0.1, 0.15) is 17.7 Å². The molecule has 1 aliphatic carbocycles. The van der Waals surface area contributed by atoms with Gasteiger partial charge in [-0.1, -0.05) is 87.4 Å². The van der Waals surface area contributed by atoms with Crippen LogP contribution < -0.4 is 10.6 Å². The van der Waals surface area contributed by atoms with E-state index in [2.05, 4.69) is 23.5 Å². The fraction of sp³-hybridized carbons (Fsp3) is 0.514. The van der Waals surface area contributed by atoms with Gasteiger partial charge < -0.3 is 20.3 Å². The van der Waals surface area contributed by atoms with Crippen LogP contribution in [0.1, 0.15) is 102 Å². The molecule has 2 N–H and O–H groups in total. The third kappa shape index (κ3) is 10.2. The van der Waals surface area contributed by atoms with E-state index in [9.17, 15) is 14.4 Å². The summed E-state index contributed by atoms with van der Waals surface area (Å²) in [6, 6.07) is 15.1. The van der Waals surface area contributed by atoms with E-state index in [4.69, 9.17) is 11.2 Å². The number of carbonyl (C=O) groups is 3. The van der Waals surface area contributed by atoms with Crippen molar-refractivity contribution in [2.45, 2.75) is 109 Å². The normalized spacial score (nSPS) is 15.1. The number of amides is 3. The molecule has 0 aromatic heterocycles. The molecule has 2 unspecified atom stereocenters. The average Bonchev–Trinajstić information content (AvgIpc) is 2.96. The standard InChI is InChI=1S/C35H47N3O4/c1-6-8-15-24-38(33(40)30(25-27-16-11-9-12-17-27)37-34(41)42-35(3,4)5)31(28-22-20-26(7-2)21-23-28)32(39)36-29-18-13-10-14-19-29/h2,9,11-12,16-17,20-23,29-31H,6,8,10,13-15,18-19,24-25H2,1,3-5H3,(H,36,39)(H,37,41). The summed E-state index contributed by atoms with van der Waals surface area (Å²) >= 11 is 0. The Balaban J connectivity index is 2.02. The number of benzene rings is 2. The summed E-state index contributed by atoms with van der Waals surface area (Å²) in [5.41, 5.74) is 1.54. The van der Waals surface area contributed by atoms with Crippen molar-refractivity contribution in [3.8, 4) is 12.3 Å². The monoisotopic (exact) mass is 573 g/mol. The van der Waals surface area contributed by atoms with Crippen molar-refractivity contribution >= 4 is 17.9 Å². The molecule has 7 nitrogen and oxygen atoms in total. The highest BCUT2D eigenvalue weighted by Crippen LogP contribution is 2.26. The minimum atomic E-state index is -0.932. The summed E-state index contributed by atoms with van der Waals surface area (Å²) in [4.78, 5) is 43.2. The molecule has 0 spiro atoms. The van der Waals surface area contributed by atoms with Crippen molar-refractivity contribution in [1.82, 2.24) is 15.5 Å². The predicted octanol–water partition coefficient (Wildman–Crippen LogP) is 6.31. The lowest BCUT2D eigenvalue weighted by molar-refractivity contribution is -0.143. The summed E-state index contributed by atoms with van der Waals surface area (Å²) < 4.78 is 5.53. The molecular weight excluding hydrogens is 526 g/mol. The zero-order valence-electron chi connectivity index (χ0n) is 25.7. The molecule has 0 radical (unpaired) electrons. The first-order valence-corrected chi connectivity index (χ1v) is 15.3. The number of alkyl carbamates (subject to hydrolysis) is 1. The lowest BCUT2D eigenvalue weighted by atomic mass is 9.94. The third-order valence-corrected chi connectivity index (χ3v) is 7.46. The molecule has 2 aromatic rings. The highest BCUT2D eigenvalue weighted by atomic mass is 16.6. The maximum atomic E-state index is 14.5. The van der Waals surface area contributed by atoms with Crippen LogP contribution in [0, 0.1) is 12.3 Å². The molecule has 226 valence electrons. The highest BCUT2D eigenvalue weighted by molar-refractivity contribution is 5.92. The van der Waals surface area contributed by atoms with Crippen molar-refractivity contribution in [1.29, 1.82) is 0 Å². The van der Waals surface area contributed by atoms with Gasteiger partial charge in [0.15, 0.2) is 0 Å². The SMILES string of the molecule is C#Cc1ccc(C(C(=O)NC2CCCCC2)N(CCCCC)C(=O)C(Cc2ccccc2)NC(=O)OC(C)(C)C)cc1. The molecule has 2 atom stereocenters.